The Kier molecular flexibility index (Phi) is 5.07. The molecule has 1 unspecified atom stereocenters. The van der Waals surface area contributed by atoms with Gasteiger partial charge in [-0.3, -0.25) is 4.79 Å². The number of phenols is 1. The van der Waals surface area contributed by atoms with Gasteiger partial charge in [0.05, 0.1) is 18.3 Å². The number of nitrogens with one attached hydrogen (secondary N) is 1. The van der Waals surface area contributed by atoms with Crippen LogP contribution < -0.4 is 0 Å². The highest BCUT2D eigenvalue weighted by molar-refractivity contribution is 5.88. The number of carbonyl (C=O) groups is 1. The number of nitrogens with zero attached hydrogens (tertiary/aromatic N) is 3. The number of ether oxygens (including phenoxy) is 1. The molecule has 1 amide bonds. The molecule has 2 atom stereocenters. The molecule has 150 valence electrons. The molecule has 7 heteroatoms. The number of rotatable bonds is 5. The van der Waals surface area contributed by atoms with Crippen molar-refractivity contribution in [3.8, 4) is 17.0 Å². The first-order chi connectivity index (χ1) is 14.0. The quantitative estimate of drug-likeness (QED) is 0.651. The fraction of sp³-hybridized carbons (Fsp3) is 0.318. The summed E-state index contributed by atoms with van der Waals surface area (Å²) in [4.78, 5) is 17.5. The van der Waals surface area contributed by atoms with Crippen LogP contribution in [0.4, 0.5) is 0 Å². The van der Waals surface area contributed by atoms with Gasteiger partial charge in [0.2, 0.25) is 5.91 Å². The number of hydrogen-bond donors (Lipinski definition) is 2. The van der Waals surface area contributed by atoms with Crippen LogP contribution in [0.2, 0.25) is 0 Å². The number of carbonyl (C=O) groups excluding carboxylic acids is 1. The van der Waals surface area contributed by atoms with Gasteiger partial charge < -0.3 is 19.7 Å². The van der Waals surface area contributed by atoms with Crippen molar-refractivity contribution in [1.82, 2.24) is 20.1 Å². The van der Waals surface area contributed by atoms with Crippen LogP contribution in [0.1, 0.15) is 23.6 Å². The van der Waals surface area contributed by atoms with Gasteiger partial charge in [-0.1, -0.05) is 18.7 Å². The molecule has 0 spiro atoms. The molecule has 0 saturated carbocycles. The summed E-state index contributed by atoms with van der Waals surface area (Å²) in [6, 6.07) is 9.05. The maximum atomic E-state index is 12.3. The number of phenolic OH excluding ortho intramolecular Hbond substituents is 1. The minimum Gasteiger partial charge on any atom is -0.507 e. The highest BCUT2D eigenvalue weighted by Crippen LogP contribution is 2.37. The first-order valence-corrected chi connectivity index (χ1v) is 9.59. The van der Waals surface area contributed by atoms with Gasteiger partial charge in [-0.25, -0.2) is 0 Å². The van der Waals surface area contributed by atoms with Crippen molar-refractivity contribution in [2.24, 2.45) is 0 Å². The number of methoxy groups -OCH3 is 1. The summed E-state index contributed by atoms with van der Waals surface area (Å²) in [5.41, 5.74) is 4.11. The summed E-state index contributed by atoms with van der Waals surface area (Å²) >= 11 is 0. The molecule has 1 saturated heterocycles. The molecule has 29 heavy (non-hydrogen) atoms. The Balaban J connectivity index is 1.70. The van der Waals surface area contributed by atoms with E-state index in [4.69, 9.17) is 4.74 Å². The van der Waals surface area contributed by atoms with Gasteiger partial charge in [-0.2, -0.15) is 0 Å². The van der Waals surface area contributed by atoms with Crippen molar-refractivity contribution in [1.29, 1.82) is 0 Å². The van der Waals surface area contributed by atoms with Crippen molar-refractivity contribution in [3.05, 3.63) is 54.2 Å². The van der Waals surface area contributed by atoms with Crippen LogP contribution in [-0.2, 0) is 9.53 Å². The molecule has 2 N–H and O–H groups in total. The maximum absolute atomic E-state index is 12.3. The normalized spacial score (nSPS) is 19.0. The second-order valence-corrected chi connectivity index (χ2v) is 7.41. The van der Waals surface area contributed by atoms with Gasteiger partial charge in [0, 0.05) is 36.2 Å². The van der Waals surface area contributed by atoms with Gasteiger partial charge in [-0.05, 0) is 43.2 Å². The number of aryl methyl sites for hydroxylation is 1. The summed E-state index contributed by atoms with van der Waals surface area (Å²) < 4.78 is 5.32. The van der Waals surface area contributed by atoms with E-state index in [0.717, 1.165) is 23.1 Å². The summed E-state index contributed by atoms with van der Waals surface area (Å²) in [7, 11) is 1.65. The number of likely N-dealkylation sites (tertiary alicyclic amines) is 1. The smallest absolute Gasteiger partial charge is 0.246 e. The third-order valence-electron chi connectivity index (χ3n) is 5.67. The molecule has 0 aliphatic carbocycles. The number of H-pyrrole nitrogens is 1. The van der Waals surface area contributed by atoms with Crippen LogP contribution in [0.15, 0.2) is 43.0 Å². The monoisotopic (exact) mass is 392 g/mol. The standard InChI is InChI=1S/C22H24N4O3/c1-4-20(28)26-11-14(9-15(26)12-29-3)21-13(2)17-10-18(24-25-22(17)23-21)16-7-5-6-8-19(16)27/h4-8,10,14-15,27H,1,9,11-12H2,2-3H3,(H,23,25)/t14?,15-/m1/s1. The minimum absolute atomic E-state index is 0.0178. The molecule has 3 aromatic rings. The SMILES string of the molecule is C=CC(=O)N1CC(c2[nH]c3nnc(-c4ccccc4O)cc3c2C)C[C@@H]1COC. The molecule has 1 aliphatic rings. The van der Waals surface area contributed by atoms with Crippen LogP contribution in [0, 0.1) is 6.92 Å². The number of para-hydroxylation sites is 1. The molecule has 4 rings (SSSR count). The number of amides is 1. The van der Waals surface area contributed by atoms with E-state index in [0.29, 0.717) is 30.1 Å². The van der Waals surface area contributed by atoms with E-state index >= 15 is 0 Å². The fourth-order valence-electron chi connectivity index (χ4n) is 4.23. The van der Waals surface area contributed by atoms with Crippen molar-refractivity contribution in [3.63, 3.8) is 0 Å². The largest absolute Gasteiger partial charge is 0.507 e. The van der Waals surface area contributed by atoms with Crippen LogP contribution in [0.25, 0.3) is 22.3 Å². The van der Waals surface area contributed by atoms with E-state index in [1.807, 2.05) is 30.0 Å². The van der Waals surface area contributed by atoms with Gasteiger partial charge in [0.25, 0.3) is 0 Å². The number of aromatic hydroxyl groups is 1. The van der Waals surface area contributed by atoms with Gasteiger partial charge in [0.15, 0.2) is 5.65 Å². The molecular weight excluding hydrogens is 368 g/mol. The number of aromatic nitrogens is 3. The second-order valence-electron chi connectivity index (χ2n) is 7.41. The Morgan fingerprint density at radius 3 is 2.93 bits per heavy atom. The fourth-order valence-corrected chi connectivity index (χ4v) is 4.23. The highest BCUT2D eigenvalue weighted by atomic mass is 16.5. The molecule has 7 nitrogen and oxygen atoms in total. The first kappa shape index (κ1) is 19.1. The zero-order valence-electron chi connectivity index (χ0n) is 16.6. The van der Waals surface area contributed by atoms with E-state index in [-0.39, 0.29) is 23.6 Å². The Morgan fingerprint density at radius 1 is 1.41 bits per heavy atom. The summed E-state index contributed by atoms with van der Waals surface area (Å²) in [6.07, 6.45) is 2.16. The number of benzene rings is 1. The zero-order chi connectivity index (χ0) is 20.5. The average molecular weight is 392 g/mol. The van der Waals surface area contributed by atoms with E-state index in [2.05, 4.69) is 21.8 Å². The number of aromatic amines is 1. The van der Waals surface area contributed by atoms with E-state index in [9.17, 15) is 9.90 Å². The summed E-state index contributed by atoms with van der Waals surface area (Å²) in [5.74, 6) is 0.248. The van der Waals surface area contributed by atoms with E-state index < -0.39 is 0 Å². The summed E-state index contributed by atoms with van der Waals surface area (Å²) in [5, 5.41) is 19.7. The molecule has 1 aromatic carbocycles. The molecule has 1 aliphatic heterocycles. The minimum atomic E-state index is -0.0788. The lowest BCUT2D eigenvalue weighted by atomic mass is 9.98. The van der Waals surface area contributed by atoms with Gasteiger partial charge in [0.1, 0.15) is 5.75 Å². The third-order valence-corrected chi connectivity index (χ3v) is 5.67. The number of hydrogen-bond acceptors (Lipinski definition) is 5. The van der Waals surface area contributed by atoms with E-state index in [1.165, 1.54) is 6.08 Å². The van der Waals surface area contributed by atoms with Crippen LogP contribution in [0.3, 0.4) is 0 Å². The Labute approximate surface area is 169 Å². The van der Waals surface area contributed by atoms with Crippen molar-refractivity contribution >= 4 is 16.9 Å². The highest BCUT2D eigenvalue weighted by Gasteiger charge is 2.36. The van der Waals surface area contributed by atoms with Crippen LogP contribution >= 0.6 is 0 Å². The Hall–Kier alpha value is -3.19. The van der Waals surface area contributed by atoms with Gasteiger partial charge in [-0.15, -0.1) is 10.2 Å². The lowest BCUT2D eigenvalue weighted by Gasteiger charge is -2.22. The first-order valence-electron chi connectivity index (χ1n) is 9.59. The molecule has 0 bridgehead atoms. The average Bonchev–Trinajstić information content (AvgIpc) is 3.29. The van der Waals surface area contributed by atoms with Crippen molar-refractivity contribution in [2.45, 2.75) is 25.3 Å². The third kappa shape index (κ3) is 3.38. The van der Waals surface area contributed by atoms with Crippen LogP contribution in [0.5, 0.6) is 5.75 Å². The van der Waals surface area contributed by atoms with Crippen molar-refractivity contribution in [2.75, 3.05) is 20.3 Å². The summed E-state index contributed by atoms with van der Waals surface area (Å²) in [6.45, 7) is 6.76. The van der Waals surface area contributed by atoms with Gasteiger partial charge >= 0.3 is 0 Å². The lowest BCUT2D eigenvalue weighted by molar-refractivity contribution is -0.127. The molecule has 1 fully saturated rings. The molecular formula is C22H24N4O3. The molecule has 0 radical (unpaired) electrons. The van der Waals surface area contributed by atoms with Crippen molar-refractivity contribution < 1.29 is 14.6 Å². The zero-order valence-corrected chi connectivity index (χ0v) is 16.6. The second kappa shape index (κ2) is 7.67. The molecule has 3 heterocycles. The maximum Gasteiger partial charge on any atom is 0.246 e. The van der Waals surface area contributed by atoms with E-state index in [1.54, 1.807) is 19.2 Å². The lowest BCUT2D eigenvalue weighted by Crippen LogP contribution is -2.37. The topological polar surface area (TPSA) is 91.3 Å². The number of fused-ring (bicyclic) bond motifs is 1. The predicted octanol–water partition coefficient (Wildman–Crippen LogP) is 3.16. The predicted molar refractivity (Wildman–Crippen MR) is 111 cm³/mol. The van der Waals surface area contributed by atoms with Crippen LogP contribution in [-0.4, -0.2) is 57.4 Å². The Bertz CT molecular complexity index is 1080. The Morgan fingerprint density at radius 2 is 2.21 bits per heavy atom. The molecule has 2 aromatic heterocycles.